The van der Waals surface area contributed by atoms with E-state index >= 15 is 0 Å². The van der Waals surface area contributed by atoms with Crippen LogP contribution < -0.4 is 0 Å². The normalized spacial score (nSPS) is 19.8. The van der Waals surface area contributed by atoms with E-state index in [-0.39, 0.29) is 18.2 Å². The summed E-state index contributed by atoms with van der Waals surface area (Å²) in [5, 5.41) is 0. The Morgan fingerprint density at radius 1 is 0.818 bits per heavy atom. The molecule has 3 rings (SSSR count). The lowest BCUT2D eigenvalue weighted by atomic mass is 9.97. The van der Waals surface area contributed by atoms with Crippen LogP contribution in [0.5, 0.6) is 0 Å². The first-order chi connectivity index (χ1) is 15.4. The first kappa shape index (κ1) is 26.6. The molecule has 1 aliphatic rings. The van der Waals surface area contributed by atoms with Gasteiger partial charge in [0.25, 0.3) is 0 Å². The molecule has 0 saturated carbocycles. The highest BCUT2D eigenvalue weighted by atomic mass is 28.5. The largest absolute Gasteiger partial charge is 0.659 e. The summed E-state index contributed by atoms with van der Waals surface area (Å²) in [6, 6.07) is 20.1. The zero-order valence-corrected chi connectivity index (χ0v) is 23.7. The summed E-state index contributed by atoms with van der Waals surface area (Å²) in [4.78, 5) is 0. The molecule has 2 aromatic rings. The summed E-state index contributed by atoms with van der Waals surface area (Å²) < 4.78 is 32.7. The van der Waals surface area contributed by atoms with Gasteiger partial charge in [0, 0.05) is 6.00 Å². The van der Waals surface area contributed by atoms with Gasteiger partial charge in [0.05, 0.1) is 12.7 Å². The Morgan fingerprint density at radius 2 is 1.30 bits per heavy atom. The molecule has 5 nitrogen and oxygen atoms in total. The molecule has 1 aliphatic heterocycles. The summed E-state index contributed by atoms with van der Waals surface area (Å²) in [5.74, 6) is 0. The lowest BCUT2D eigenvalue weighted by molar-refractivity contribution is -0.0228. The highest BCUT2D eigenvalue weighted by Gasteiger charge is 2.54. The van der Waals surface area contributed by atoms with Crippen molar-refractivity contribution in [1.29, 1.82) is 0 Å². The minimum Gasteiger partial charge on any atom is -0.395 e. The molecular weight excluding hydrogens is 463 g/mol. The van der Waals surface area contributed by atoms with Crippen LogP contribution in [0.15, 0.2) is 60.7 Å². The van der Waals surface area contributed by atoms with Crippen LogP contribution in [0, 0.1) is 0 Å². The van der Waals surface area contributed by atoms with Crippen molar-refractivity contribution in [3.63, 3.8) is 0 Å². The van der Waals surface area contributed by atoms with E-state index in [1.54, 1.807) is 0 Å². The molecule has 2 radical (unpaired) electrons. The molecule has 1 heterocycles. The molecule has 0 amide bonds. The minimum absolute atomic E-state index is 0.0853. The third-order valence-electron chi connectivity index (χ3n) is 4.92. The highest BCUT2D eigenvalue weighted by Crippen LogP contribution is 2.34. The summed E-state index contributed by atoms with van der Waals surface area (Å²) in [6.45, 7) is 13.2. The van der Waals surface area contributed by atoms with Crippen LogP contribution in [-0.4, -0.2) is 52.2 Å². The zero-order valence-electron chi connectivity index (χ0n) is 20.7. The smallest absolute Gasteiger partial charge is 0.395 e. The summed E-state index contributed by atoms with van der Waals surface area (Å²) >= 11 is 0. The van der Waals surface area contributed by atoms with Crippen LogP contribution in [0.1, 0.15) is 30.1 Å². The van der Waals surface area contributed by atoms with Gasteiger partial charge in [0.15, 0.2) is 16.6 Å². The van der Waals surface area contributed by atoms with Crippen molar-refractivity contribution >= 4 is 33.5 Å². The third kappa shape index (κ3) is 8.59. The first-order valence-electron chi connectivity index (χ1n) is 11.7. The number of hydrogen-bond donors (Lipinski definition) is 0. The molecular formula is C24H37BO5Si3. The van der Waals surface area contributed by atoms with Crippen LogP contribution in [0.2, 0.25) is 39.3 Å². The van der Waals surface area contributed by atoms with Crippen molar-refractivity contribution in [2.24, 2.45) is 0 Å². The summed E-state index contributed by atoms with van der Waals surface area (Å²) in [7, 11) is -1.84. The Labute approximate surface area is 203 Å². The quantitative estimate of drug-likeness (QED) is 0.375. The molecule has 0 aliphatic carbocycles. The Kier molecular flexibility index (Phi) is 8.96. The first-order valence-corrected chi connectivity index (χ1v) is 20.1. The van der Waals surface area contributed by atoms with Gasteiger partial charge < -0.3 is 21.8 Å². The van der Waals surface area contributed by atoms with Gasteiger partial charge in [-0.1, -0.05) is 60.7 Å². The number of hydrogen-bond acceptors (Lipinski definition) is 5. The van der Waals surface area contributed by atoms with Crippen molar-refractivity contribution in [3.8, 4) is 0 Å². The molecule has 33 heavy (non-hydrogen) atoms. The van der Waals surface area contributed by atoms with E-state index in [1.165, 1.54) is 0 Å². The Balaban J connectivity index is 2.00. The summed E-state index contributed by atoms with van der Waals surface area (Å²) in [5.41, 5.74) is 2.06. The second kappa shape index (κ2) is 11.1. The zero-order chi connectivity index (χ0) is 24.1. The molecule has 2 atom stereocenters. The van der Waals surface area contributed by atoms with Crippen molar-refractivity contribution in [2.75, 3.05) is 6.61 Å². The average Bonchev–Trinajstić information content (AvgIpc) is 3.15. The molecule has 1 fully saturated rings. The van der Waals surface area contributed by atoms with Crippen LogP contribution in [0.25, 0.3) is 0 Å². The lowest BCUT2D eigenvalue weighted by Gasteiger charge is -2.40. The van der Waals surface area contributed by atoms with E-state index in [9.17, 15) is 0 Å². The fourth-order valence-corrected chi connectivity index (χ4v) is 12.1. The van der Waals surface area contributed by atoms with Crippen LogP contribution in [0.3, 0.4) is 0 Å². The molecule has 178 valence electrons. The fourth-order valence-electron chi connectivity index (χ4n) is 3.69. The fraction of sp³-hybridized carbons (Fsp3) is 0.500. The molecule has 9 heteroatoms. The molecule has 0 aromatic heterocycles. The number of ether oxygens (including phenoxy) is 1. The van der Waals surface area contributed by atoms with Gasteiger partial charge in [0.1, 0.15) is 14.0 Å². The van der Waals surface area contributed by atoms with Gasteiger partial charge in [-0.2, -0.15) is 0 Å². The van der Waals surface area contributed by atoms with Gasteiger partial charge >= 0.3 is 9.05 Å². The topological polar surface area (TPSA) is 46.2 Å². The van der Waals surface area contributed by atoms with Gasteiger partial charge in [-0.15, -0.1) is 0 Å². The van der Waals surface area contributed by atoms with Gasteiger partial charge in [-0.3, -0.25) is 0 Å². The lowest BCUT2D eigenvalue weighted by Crippen LogP contribution is -2.60. The Hall–Kier alpha value is -1.04. The van der Waals surface area contributed by atoms with E-state index in [4.69, 9.17) is 29.7 Å². The van der Waals surface area contributed by atoms with Gasteiger partial charge in [0.2, 0.25) is 0 Å². The number of benzene rings is 2. The van der Waals surface area contributed by atoms with Crippen molar-refractivity contribution in [1.82, 2.24) is 0 Å². The minimum atomic E-state index is -3.58. The summed E-state index contributed by atoms with van der Waals surface area (Å²) in [6.07, 6.45) is 1.22. The van der Waals surface area contributed by atoms with Crippen LogP contribution in [-0.2, 0) is 21.8 Å². The molecule has 2 aromatic carbocycles. The number of rotatable bonds is 11. The van der Waals surface area contributed by atoms with Crippen molar-refractivity contribution < 1.29 is 21.8 Å². The predicted molar refractivity (Wildman–Crippen MR) is 140 cm³/mol. The maximum absolute atomic E-state index is 6.90. The van der Waals surface area contributed by atoms with Gasteiger partial charge in [-0.05, 0) is 63.3 Å². The standard InChI is InChI=1S/C24H37BO5Si3/c1-31(2,3)29-33(30-32(4,5)6,26-19-22-17-18-23(25)27-22)28-24(20-13-9-7-10-14-20)21-15-11-8-12-16-21/h7-16,22-24H,17-19H2,1-6H3/t22-,23+/m0/s1. The second-order valence-electron chi connectivity index (χ2n) is 10.4. The molecule has 0 bridgehead atoms. The maximum Gasteiger partial charge on any atom is 0.659 e. The second-order valence-corrected chi connectivity index (χ2v) is 22.0. The maximum atomic E-state index is 6.90. The van der Waals surface area contributed by atoms with E-state index in [2.05, 4.69) is 63.5 Å². The monoisotopic (exact) mass is 500 g/mol. The highest BCUT2D eigenvalue weighted by molar-refractivity contribution is 6.83. The Bertz CT molecular complexity index is 802. The molecule has 1 saturated heterocycles. The van der Waals surface area contributed by atoms with Crippen molar-refractivity contribution in [2.45, 2.75) is 70.3 Å². The molecule has 0 spiro atoms. The Morgan fingerprint density at radius 3 is 1.70 bits per heavy atom. The predicted octanol–water partition coefficient (Wildman–Crippen LogP) is 5.62. The van der Waals surface area contributed by atoms with Crippen LogP contribution in [0.4, 0.5) is 0 Å². The van der Waals surface area contributed by atoms with Gasteiger partial charge in [-0.25, -0.2) is 0 Å². The molecule has 0 N–H and O–H groups in total. The van der Waals surface area contributed by atoms with E-state index in [1.807, 2.05) is 36.4 Å². The van der Waals surface area contributed by atoms with E-state index < -0.39 is 25.7 Å². The third-order valence-corrected chi connectivity index (χ3v) is 12.9. The van der Waals surface area contributed by atoms with Crippen molar-refractivity contribution in [3.05, 3.63) is 71.8 Å². The SMILES string of the molecule is [B][C@H]1CC[C@@H](CO[Si](OC(c2ccccc2)c2ccccc2)(O[Si](C)(C)C)O[Si](C)(C)C)O1. The van der Waals surface area contributed by atoms with Crippen LogP contribution >= 0.6 is 0 Å². The van der Waals surface area contributed by atoms with E-state index in [0.29, 0.717) is 6.61 Å². The average molecular weight is 501 g/mol. The molecule has 0 unspecified atom stereocenters. The van der Waals surface area contributed by atoms with E-state index in [0.717, 1.165) is 24.0 Å².